The second kappa shape index (κ2) is 34.1. The van der Waals surface area contributed by atoms with Crippen molar-refractivity contribution in [2.24, 2.45) is 0 Å². The van der Waals surface area contributed by atoms with Gasteiger partial charge in [-0.05, 0) is 31.2 Å². The summed E-state index contributed by atoms with van der Waals surface area (Å²) in [6.45, 7) is 15.7. The Labute approximate surface area is 228 Å². The number of carbonyl (C=O) groups is 2. The predicted molar refractivity (Wildman–Crippen MR) is 143 cm³/mol. The van der Waals surface area contributed by atoms with E-state index in [0.717, 1.165) is 50.5 Å². The van der Waals surface area contributed by atoms with Crippen LogP contribution in [0.3, 0.4) is 0 Å². The standard InChI is InChI=1S/C11H14O2.C10H20O2.2C4H9.Sn/c1-2-3-6-9-7-4-5-8-10(9)11(12)13;1-2-3-4-5-6-7-8-9-10(11)12;2*1-3-4-2;/h4-5,7-8H,2-3,6H2,1H3,(H,12,13);2-9H2,1H3,(H,11,12);2*1,3-4H2,2H3;/q;;;;+2/p-2. The molecule has 0 amide bonds. The Morgan fingerprint density at radius 3 is 1.56 bits per heavy atom. The maximum Gasteiger partial charge on any atom is 2.00 e. The molecule has 0 N–H and O–H groups in total. The van der Waals surface area contributed by atoms with E-state index in [1.54, 1.807) is 12.1 Å². The van der Waals surface area contributed by atoms with Crippen molar-refractivity contribution in [2.75, 3.05) is 0 Å². The normalized spacial score (nSPS) is 9.12. The molecule has 1 rings (SSSR count). The third-order valence-electron chi connectivity index (χ3n) is 4.73. The van der Waals surface area contributed by atoms with E-state index < -0.39 is 11.9 Å². The molecule has 0 aromatic heterocycles. The number of unbranched alkanes of at least 4 members (excludes halogenated alkanes) is 9. The summed E-state index contributed by atoms with van der Waals surface area (Å²) >= 11 is 0. The van der Waals surface area contributed by atoms with Crippen LogP contribution < -0.4 is 10.2 Å². The van der Waals surface area contributed by atoms with Crippen LogP contribution in [0.1, 0.15) is 134 Å². The van der Waals surface area contributed by atoms with Crippen molar-refractivity contribution in [1.82, 2.24) is 0 Å². The average Bonchev–Trinajstić information content (AvgIpc) is 2.82. The van der Waals surface area contributed by atoms with Gasteiger partial charge in [0.15, 0.2) is 0 Å². The van der Waals surface area contributed by atoms with Crippen LogP contribution in [0.4, 0.5) is 0 Å². The monoisotopic (exact) mass is 582 g/mol. The second-order valence-electron chi connectivity index (χ2n) is 8.00. The predicted octanol–water partition coefficient (Wildman–Crippen LogP) is 6.13. The van der Waals surface area contributed by atoms with Crippen LogP contribution in [-0.4, -0.2) is 35.8 Å². The van der Waals surface area contributed by atoms with Gasteiger partial charge in [-0.25, -0.2) is 0 Å². The number of carbonyl (C=O) groups excluding carboxylic acids is 2. The fraction of sp³-hybridized carbons (Fsp3) is 0.655. The van der Waals surface area contributed by atoms with E-state index in [2.05, 4.69) is 41.5 Å². The minimum atomic E-state index is -1.08. The van der Waals surface area contributed by atoms with Gasteiger partial charge in [0.2, 0.25) is 0 Å². The molecule has 0 bridgehead atoms. The number of carboxylic acids is 2. The van der Waals surface area contributed by atoms with Gasteiger partial charge in [-0.3, -0.25) is 0 Å². The molecule has 0 saturated carbocycles. The molecule has 194 valence electrons. The maximum absolute atomic E-state index is 10.7. The molecule has 0 aliphatic heterocycles. The largest absolute Gasteiger partial charge is 2.00 e. The van der Waals surface area contributed by atoms with Crippen molar-refractivity contribution in [3.63, 3.8) is 0 Å². The molecule has 4 radical (unpaired) electrons. The van der Waals surface area contributed by atoms with Crippen molar-refractivity contribution in [2.45, 2.75) is 124 Å². The van der Waals surface area contributed by atoms with Crippen molar-refractivity contribution >= 4 is 35.8 Å². The summed E-state index contributed by atoms with van der Waals surface area (Å²) in [5, 5.41) is 20.7. The van der Waals surface area contributed by atoms with Crippen LogP contribution in [0, 0.1) is 13.8 Å². The first-order chi connectivity index (χ1) is 15.9. The van der Waals surface area contributed by atoms with Crippen LogP contribution in [-0.2, 0) is 11.2 Å². The first kappa shape index (κ1) is 40.1. The minimum Gasteiger partial charge on any atom is -0.550 e. The van der Waals surface area contributed by atoms with Gasteiger partial charge in [-0.1, -0.05) is 136 Å². The van der Waals surface area contributed by atoms with E-state index in [0.29, 0.717) is 5.56 Å². The summed E-state index contributed by atoms with van der Waals surface area (Å²) in [6, 6.07) is 7.03. The second-order valence-corrected chi connectivity index (χ2v) is 8.00. The van der Waals surface area contributed by atoms with Crippen LogP contribution in [0.25, 0.3) is 0 Å². The van der Waals surface area contributed by atoms with Crippen molar-refractivity contribution in [3.8, 4) is 0 Å². The summed E-state index contributed by atoms with van der Waals surface area (Å²) in [5.41, 5.74) is 1.21. The smallest absolute Gasteiger partial charge is 0.550 e. The van der Waals surface area contributed by atoms with Crippen LogP contribution in [0.5, 0.6) is 0 Å². The summed E-state index contributed by atoms with van der Waals surface area (Å²) in [4.78, 5) is 20.7. The van der Waals surface area contributed by atoms with Gasteiger partial charge in [0.25, 0.3) is 0 Å². The number of carboxylic acid groups (broad SMARTS) is 2. The fourth-order valence-electron chi connectivity index (χ4n) is 2.53. The SMILES string of the molecule is CCCCCCCCCC(=O)[O-].CCCCc1ccccc1C(=O)[O-].[CH2]CCC.[CH2]CCC.[Sn+2]. The van der Waals surface area contributed by atoms with E-state index in [9.17, 15) is 19.8 Å². The van der Waals surface area contributed by atoms with Crippen molar-refractivity contribution < 1.29 is 19.8 Å². The molecule has 0 spiro atoms. The van der Waals surface area contributed by atoms with Crippen molar-refractivity contribution in [1.29, 1.82) is 0 Å². The van der Waals surface area contributed by atoms with E-state index in [1.807, 2.05) is 12.1 Å². The van der Waals surface area contributed by atoms with Gasteiger partial charge in [0, 0.05) is 11.5 Å². The van der Waals surface area contributed by atoms with Gasteiger partial charge in [-0.2, -0.15) is 0 Å². The molecular formula is C29H50O4Sn. The van der Waals surface area contributed by atoms with Gasteiger partial charge >= 0.3 is 23.9 Å². The summed E-state index contributed by atoms with van der Waals surface area (Å²) in [7, 11) is 0. The maximum atomic E-state index is 10.7. The van der Waals surface area contributed by atoms with Crippen LogP contribution in [0.15, 0.2) is 24.3 Å². The quantitative estimate of drug-likeness (QED) is 0.196. The number of hydrogen-bond donors (Lipinski definition) is 0. The average molecular weight is 581 g/mol. The fourth-order valence-corrected chi connectivity index (χ4v) is 2.53. The van der Waals surface area contributed by atoms with E-state index in [4.69, 9.17) is 0 Å². The number of rotatable bonds is 14. The molecule has 0 heterocycles. The molecule has 5 heteroatoms. The number of hydrogen-bond acceptors (Lipinski definition) is 4. The zero-order valence-corrected chi connectivity index (χ0v) is 25.3. The molecule has 0 unspecified atom stereocenters. The molecule has 34 heavy (non-hydrogen) atoms. The minimum absolute atomic E-state index is 0. The van der Waals surface area contributed by atoms with Gasteiger partial charge in [0.1, 0.15) is 0 Å². The third-order valence-corrected chi connectivity index (χ3v) is 4.73. The molecule has 1 aromatic carbocycles. The number of aromatic carboxylic acids is 1. The van der Waals surface area contributed by atoms with Crippen LogP contribution in [0.2, 0.25) is 0 Å². The number of aliphatic carboxylic acids is 1. The van der Waals surface area contributed by atoms with E-state index >= 15 is 0 Å². The Morgan fingerprint density at radius 1 is 0.706 bits per heavy atom. The van der Waals surface area contributed by atoms with Crippen LogP contribution >= 0.6 is 0 Å². The summed E-state index contributed by atoms with van der Waals surface area (Å²) in [6.07, 6.45) is 15.8. The summed E-state index contributed by atoms with van der Waals surface area (Å²) in [5.74, 6) is -1.99. The zero-order chi connectivity index (χ0) is 25.7. The Balaban J connectivity index is -0.000000198. The Kier molecular flexibility index (Phi) is 40.3. The van der Waals surface area contributed by atoms with Gasteiger partial charge < -0.3 is 19.8 Å². The Hall–Kier alpha value is -1.04. The molecule has 0 aliphatic rings. The van der Waals surface area contributed by atoms with Gasteiger partial charge in [0.05, 0.1) is 5.97 Å². The molecule has 0 atom stereocenters. The first-order valence-electron chi connectivity index (χ1n) is 12.9. The molecule has 0 aliphatic carbocycles. The van der Waals surface area contributed by atoms with E-state index in [1.165, 1.54) is 44.9 Å². The van der Waals surface area contributed by atoms with Crippen molar-refractivity contribution in [3.05, 3.63) is 49.2 Å². The molecule has 0 saturated heterocycles. The summed E-state index contributed by atoms with van der Waals surface area (Å²) < 4.78 is 0. The molecule has 0 fully saturated rings. The Bertz CT molecular complexity index is 539. The van der Waals surface area contributed by atoms with E-state index in [-0.39, 0.29) is 30.3 Å². The molecular weight excluding hydrogens is 531 g/mol. The first-order valence-corrected chi connectivity index (χ1v) is 12.9. The molecule has 4 nitrogen and oxygen atoms in total. The Morgan fingerprint density at radius 2 is 1.15 bits per heavy atom. The number of benzene rings is 1. The zero-order valence-electron chi connectivity index (χ0n) is 22.5. The third kappa shape index (κ3) is 33.1. The number of aryl methyl sites for hydroxylation is 1. The molecule has 1 aromatic rings. The topological polar surface area (TPSA) is 80.3 Å². The van der Waals surface area contributed by atoms with Gasteiger partial charge in [-0.15, -0.1) is 0 Å².